The lowest BCUT2D eigenvalue weighted by molar-refractivity contribution is -0.119. The number of anilines is 1. The second kappa shape index (κ2) is 9.25. The molecule has 0 bridgehead atoms. The number of carbonyl (C=O) groups is 2. The first-order valence-corrected chi connectivity index (χ1v) is 10.3. The van der Waals surface area contributed by atoms with Crippen LogP contribution in [0.25, 0.3) is 11.4 Å². The number of aromatic nitrogens is 4. The summed E-state index contributed by atoms with van der Waals surface area (Å²) in [6.07, 6.45) is 0. The maximum atomic E-state index is 13.2. The maximum absolute atomic E-state index is 13.2. The first kappa shape index (κ1) is 22.2. The van der Waals surface area contributed by atoms with Gasteiger partial charge in [0.2, 0.25) is 0 Å². The molecule has 4 aromatic rings. The Bertz CT molecular complexity index is 1320. The molecule has 2 aromatic carbocycles. The summed E-state index contributed by atoms with van der Waals surface area (Å²) in [4.78, 5) is 25.1. The molecule has 2 aromatic heterocycles. The number of benzene rings is 2. The largest absolute Gasteiger partial charge is 0.452 e. The Kier molecular flexibility index (Phi) is 6.23. The third kappa shape index (κ3) is 4.78. The number of hydrogen-bond acceptors (Lipinski definition) is 5. The highest BCUT2D eigenvalue weighted by Gasteiger charge is 2.23. The van der Waals surface area contributed by atoms with E-state index in [0.29, 0.717) is 28.6 Å². The molecule has 4 rings (SSSR count). The zero-order valence-corrected chi connectivity index (χ0v) is 18.5. The van der Waals surface area contributed by atoms with Crippen molar-refractivity contribution in [1.82, 2.24) is 19.6 Å². The van der Waals surface area contributed by atoms with E-state index in [1.54, 1.807) is 32.0 Å². The third-order valence-electron chi connectivity index (χ3n) is 4.71. The van der Waals surface area contributed by atoms with Crippen molar-refractivity contribution >= 4 is 29.3 Å². The molecular weight excluding hydrogens is 449 g/mol. The molecule has 0 saturated heterocycles. The molecule has 0 atom stereocenters. The number of nitrogens with one attached hydrogen (secondary N) is 1. The average Bonchev–Trinajstić information content (AvgIpc) is 3.31. The van der Waals surface area contributed by atoms with Gasteiger partial charge >= 0.3 is 5.97 Å². The normalized spacial score (nSPS) is 10.8. The van der Waals surface area contributed by atoms with Gasteiger partial charge in [-0.25, -0.2) is 18.5 Å². The molecule has 33 heavy (non-hydrogen) atoms. The average molecular weight is 468 g/mol. The molecule has 0 aliphatic heterocycles. The van der Waals surface area contributed by atoms with Crippen LogP contribution in [0.4, 0.5) is 10.2 Å². The van der Waals surface area contributed by atoms with E-state index >= 15 is 0 Å². The van der Waals surface area contributed by atoms with Gasteiger partial charge < -0.3 is 10.1 Å². The Morgan fingerprint density at radius 3 is 2.36 bits per heavy atom. The van der Waals surface area contributed by atoms with Crippen LogP contribution in [0.1, 0.15) is 21.7 Å². The van der Waals surface area contributed by atoms with Gasteiger partial charge in [0.15, 0.2) is 6.61 Å². The van der Waals surface area contributed by atoms with Crippen molar-refractivity contribution in [2.75, 3.05) is 11.9 Å². The number of halogens is 2. The number of ether oxygens (including phenoxy) is 1. The number of aryl methyl sites for hydroxylation is 2. The van der Waals surface area contributed by atoms with Gasteiger partial charge in [-0.05, 0) is 50.2 Å². The molecule has 0 aliphatic carbocycles. The van der Waals surface area contributed by atoms with E-state index < -0.39 is 18.5 Å². The summed E-state index contributed by atoms with van der Waals surface area (Å²) in [7, 11) is 0. The van der Waals surface area contributed by atoms with Crippen molar-refractivity contribution in [1.29, 1.82) is 0 Å². The highest BCUT2D eigenvalue weighted by Crippen LogP contribution is 2.24. The van der Waals surface area contributed by atoms with Crippen LogP contribution in [0, 0.1) is 19.7 Å². The van der Waals surface area contributed by atoms with E-state index in [1.807, 2.05) is 18.2 Å². The Morgan fingerprint density at radius 2 is 1.67 bits per heavy atom. The molecule has 0 saturated carbocycles. The summed E-state index contributed by atoms with van der Waals surface area (Å²) < 4.78 is 21.3. The Balaban J connectivity index is 1.45. The van der Waals surface area contributed by atoms with Crippen molar-refractivity contribution in [2.24, 2.45) is 0 Å². The lowest BCUT2D eigenvalue weighted by Gasteiger charge is -2.09. The van der Waals surface area contributed by atoms with Crippen LogP contribution in [0.3, 0.4) is 0 Å². The minimum Gasteiger partial charge on any atom is -0.452 e. The van der Waals surface area contributed by atoms with Crippen LogP contribution >= 0.6 is 11.6 Å². The fourth-order valence-corrected chi connectivity index (χ4v) is 3.57. The zero-order valence-electron chi connectivity index (χ0n) is 17.8. The molecule has 1 N–H and O–H groups in total. The van der Waals surface area contributed by atoms with Gasteiger partial charge in [0, 0.05) is 6.07 Å². The quantitative estimate of drug-likeness (QED) is 0.428. The van der Waals surface area contributed by atoms with E-state index in [-0.39, 0.29) is 16.5 Å². The van der Waals surface area contributed by atoms with E-state index in [0.717, 1.165) is 0 Å². The topological polar surface area (TPSA) is 91.0 Å². The fourth-order valence-electron chi connectivity index (χ4n) is 3.22. The van der Waals surface area contributed by atoms with E-state index in [2.05, 4.69) is 15.5 Å². The van der Waals surface area contributed by atoms with E-state index in [4.69, 9.17) is 16.3 Å². The first-order chi connectivity index (χ1) is 15.8. The lowest BCUT2D eigenvalue weighted by atomic mass is 10.2. The molecule has 0 radical (unpaired) electrons. The summed E-state index contributed by atoms with van der Waals surface area (Å²) in [5, 5.41) is 11.3. The van der Waals surface area contributed by atoms with Gasteiger partial charge in [0.05, 0.1) is 22.8 Å². The summed E-state index contributed by atoms with van der Waals surface area (Å²) in [5.41, 5.74) is 2.35. The Hall–Kier alpha value is -3.98. The second-order valence-corrected chi connectivity index (χ2v) is 7.54. The smallest absolute Gasteiger partial charge is 0.343 e. The highest BCUT2D eigenvalue weighted by molar-refractivity contribution is 6.33. The number of esters is 1. The number of nitrogens with zero attached hydrogens (tertiary/aromatic N) is 4. The van der Waals surface area contributed by atoms with Crippen LogP contribution in [0.2, 0.25) is 5.15 Å². The van der Waals surface area contributed by atoms with Gasteiger partial charge in [-0.2, -0.15) is 10.2 Å². The maximum Gasteiger partial charge on any atom is 0.343 e. The first-order valence-electron chi connectivity index (χ1n) is 9.93. The Labute approximate surface area is 193 Å². The van der Waals surface area contributed by atoms with E-state index in [9.17, 15) is 14.0 Å². The Morgan fingerprint density at radius 1 is 1.00 bits per heavy atom. The van der Waals surface area contributed by atoms with Gasteiger partial charge in [-0.3, -0.25) is 4.79 Å². The molecule has 0 fully saturated rings. The van der Waals surface area contributed by atoms with Crippen molar-refractivity contribution in [3.05, 3.63) is 88.6 Å². The van der Waals surface area contributed by atoms with Crippen molar-refractivity contribution < 1.29 is 18.7 Å². The van der Waals surface area contributed by atoms with Crippen molar-refractivity contribution in [2.45, 2.75) is 13.8 Å². The molecule has 1 amide bonds. The van der Waals surface area contributed by atoms with Gasteiger partial charge in [-0.1, -0.05) is 29.8 Å². The standard InChI is InChI=1S/C23H19ClFN5O3/c1-14-12-19(29(27-14)18-10-8-16(25)9-11-18)26-20(31)13-33-23(32)21-15(2)28-30(22(21)24)17-6-4-3-5-7-17/h3-12H,13H2,1-2H3,(H,26,31). The summed E-state index contributed by atoms with van der Waals surface area (Å²) in [6, 6.07) is 16.4. The molecule has 168 valence electrons. The van der Waals surface area contributed by atoms with Gasteiger partial charge in [0.1, 0.15) is 22.4 Å². The molecule has 10 heteroatoms. The van der Waals surface area contributed by atoms with E-state index in [1.165, 1.54) is 33.6 Å². The number of carbonyl (C=O) groups excluding carboxylic acids is 2. The number of hydrogen-bond donors (Lipinski definition) is 1. The minimum atomic E-state index is -0.766. The van der Waals surface area contributed by atoms with Crippen LogP contribution in [-0.2, 0) is 9.53 Å². The predicted octanol–water partition coefficient (Wildman–Crippen LogP) is 4.26. The summed E-state index contributed by atoms with van der Waals surface area (Å²) in [5.74, 6) is -1.37. The van der Waals surface area contributed by atoms with Crippen LogP contribution in [0.15, 0.2) is 60.7 Å². The SMILES string of the molecule is Cc1cc(NC(=O)COC(=O)c2c(C)nn(-c3ccccc3)c2Cl)n(-c2ccc(F)cc2)n1. The molecule has 8 nitrogen and oxygen atoms in total. The van der Waals surface area contributed by atoms with Crippen molar-refractivity contribution in [3.63, 3.8) is 0 Å². The number of amides is 1. The van der Waals surface area contributed by atoms with Crippen molar-refractivity contribution in [3.8, 4) is 11.4 Å². The summed E-state index contributed by atoms with van der Waals surface area (Å²) >= 11 is 6.37. The van der Waals surface area contributed by atoms with Gasteiger partial charge in [0.25, 0.3) is 5.91 Å². The monoisotopic (exact) mass is 467 g/mol. The minimum absolute atomic E-state index is 0.0838. The molecular formula is C23H19ClFN5O3. The van der Waals surface area contributed by atoms with Crippen LogP contribution in [-0.4, -0.2) is 38.0 Å². The zero-order chi connectivity index (χ0) is 23.5. The fraction of sp³-hybridized carbons (Fsp3) is 0.130. The number of rotatable bonds is 6. The van der Waals surface area contributed by atoms with Crippen LogP contribution in [0.5, 0.6) is 0 Å². The number of para-hydroxylation sites is 1. The second-order valence-electron chi connectivity index (χ2n) is 7.18. The molecule has 2 heterocycles. The lowest BCUT2D eigenvalue weighted by Crippen LogP contribution is -2.22. The highest BCUT2D eigenvalue weighted by atomic mass is 35.5. The third-order valence-corrected chi connectivity index (χ3v) is 5.06. The molecule has 0 spiro atoms. The van der Waals surface area contributed by atoms with Gasteiger partial charge in [-0.15, -0.1) is 0 Å². The predicted molar refractivity (Wildman–Crippen MR) is 120 cm³/mol. The molecule has 0 unspecified atom stereocenters. The van der Waals surface area contributed by atoms with Crippen LogP contribution < -0.4 is 5.32 Å². The molecule has 0 aliphatic rings. The summed E-state index contributed by atoms with van der Waals surface area (Å²) in [6.45, 7) is 2.84.